The van der Waals surface area contributed by atoms with Crippen LogP contribution in [-0.2, 0) is 6.54 Å². The van der Waals surface area contributed by atoms with Gasteiger partial charge in [0, 0.05) is 68.7 Å². The molecule has 7 rings (SSSR count). The maximum Gasteiger partial charge on any atom is 0.212 e. The number of hydrogen-bond donors (Lipinski definition) is 3. The third-order valence-corrected chi connectivity index (χ3v) is 7.86. The Kier molecular flexibility index (Phi) is 6.34. The number of methoxy groups -OCH3 is 1. The molecule has 194 valence electrons. The van der Waals surface area contributed by atoms with Crippen LogP contribution >= 0.6 is 0 Å². The molecule has 4 aliphatic heterocycles. The quantitative estimate of drug-likeness (QED) is 0.431. The van der Waals surface area contributed by atoms with E-state index in [-0.39, 0.29) is 18.0 Å². The first-order chi connectivity index (χ1) is 18.1. The molecule has 4 saturated heterocycles. The molecule has 3 aromatic rings. The van der Waals surface area contributed by atoms with E-state index in [4.69, 9.17) is 15.2 Å². The average Bonchev–Trinajstić information content (AvgIpc) is 3.26. The molecule has 4 unspecified atom stereocenters. The molecule has 0 saturated carbocycles. The highest BCUT2D eigenvalue weighted by molar-refractivity contribution is 5.74. The molecule has 11 nitrogen and oxygen atoms in total. The number of ether oxygens (including phenoxy) is 2. The second-order valence-corrected chi connectivity index (χ2v) is 9.99. The second-order valence-electron chi connectivity index (χ2n) is 9.99. The molecule has 11 heteroatoms. The predicted molar refractivity (Wildman–Crippen MR) is 138 cm³/mol. The van der Waals surface area contributed by atoms with Gasteiger partial charge in [0.25, 0.3) is 0 Å². The summed E-state index contributed by atoms with van der Waals surface area (Å²) in [6, 6.07) is 9.41. The summed E-state index contributed by atoms with van der Waals surface area (Å²) in [6.07, 6.45) is 5.22. The lowest BCUT2D eigenvalue weighted by Gasteiger charge is -2.58. The van der Waals surface area contributed by atoms with Crippen molar-refractivity contribution >= 4 is 11.3 Å². The Morgan fingerprint density at radius 1 is 1.22 bits per heavy atom. The van der Waals surface area contributed by atoms with E-state index in [2.05, 4.69) is 42.7 Å². The molecule has 0 spiro atoms. The lowest BCUT2D eigenvalue weighted by Crippen LogP contribution is -2.72. The van der Waals surface area contributed by atoms with Crippen LogP contribution in [0.2, 0.25) is 0 Å². The van der Waals surface area contributed by atoms with Gasteiger partial charge in [-0.2, -0.15) is 5.26 Å². The minimum atomic E-state index is 0.0146. The van der Waals surface area contributed by atoms with Gasteiger partial charge in [0.05, 0.1) is 31.6 Å². The molecular formula is C26H33N9O2. The molecule has 0 aliphatic carbocycles. The zero-order chi connectivity index (χ0) is 25.5. The van der Waals surface area contributed by atoms with Gasteiger partial charge in [0.15, 0.2) is 5.82 Å². The zero-order valence-electron chi connectivity index (χ0n) is 21.2. The van der Waals surface area contributed by atoms with E-state index in [1.54, 1.807) is 17.8 Å². The number of piperazine rings is 2. The Balaban J connectivity index is 1.11. The zero-order valence-corrected chi connectivity index (χ0v) is 21.2. The standard InChI is InChI=1S/C26H33N9O2/c1-3-37-19-7-20(25-21(8-27)26(28)32-35(25)15-19)22-10-30-23(11-29-22)33-13-17-6-18(14-33)34(17)12-16-4-5-24(36-2)31-9-16/h4-5,7,9,15,17-18,22-23,29-30H,3,6,10-14H2,1-2H3,(H2,28,32). The number of nitrogen functional groups attached to an aromatic ring is 1. The van der Waals surface area contributed by atoms with Crippen molar-refractivity contribution in [2.24, 2.45) is 0 Å². The number of nitrogens with one attached hydrogen (secondary N) is 2. The number of pyridine rings is 2. The van der Waals surface area contributed by atoms with Crippen LogP contribution in [0.4, 0.5) is 5.82 Å². The first-order valence-electron chi connectivity index (χ1n) is 12.9. The van der Waals surface area contributed by atoms with Gasteiger partial charge in [0.1, 0.15) is 17.4 Å². The largest absolute Gasteiger partial charge is 0.492 e. The third kappa shape index (κ3) is 4.36. The number of hydrogen-bond acceptors (Lipinski definition) is 10. The van der Waals surface area contributed by atoms with Crippen molar-refractivity contribution in [3.63, 3.8) is 0 Å². The van der Waals surface area contributed by atoms with Crippen LogP contribution in [0, 0.1) is 11.3 Å². The lowest BCUT2D eigenvalue weighted by molar-refractivity contribution is -0.0935. The summed E-state index contributed by atoms with van der Waals surface area (Å²) in [6.45, 7) is 7.07. The minimum absolute atomic E-state index is 0.0146. The molecule has 3 aromatic heterocycles. The van der Waals surface area contributed by atoms with Crippen LogP contribution in [0.15, 0.2) is 30.6 Å². The third-order valence-electron chi connectivity index (χ3n) is 7.86. The fraction of sp³-hybridized carbons (Fsp3) is 0.500. The van der Waals surface area contributed by atoms with Gasteiger partial charge < -0.3 is 20.5 Å². The van der Waals surface area contributed by atoms with Gasteiger partial charge >= 0.3 is 0 Å². The van der Waals surface area contributed by atoms with Gasteiger partial charge in [-0.25, -0.2) is 9.50 Å². The molecular weight excluding hydrogens is 470 g/mol. The fourth-order valence-electron chi connectivity index (χ4n) is 6.02. The summed E-state index contributed by atoms with van der Waals surface area (Å²) in [5.41, 5.74) is 9.39. The SMILES string of the molecule is CCOc1cc(C2CNC(N3CC4CC(C3)N4Cc3ccc(OC)nc3)CN2)c2c(C#N)c(N)nn2c1. The first kappa shape index (κ1) is 23.9. The number of nitrogens with two attached hydrogens (primary N) is 1. The van der Waals surface area contributed by atoms with Crippen molar-refractivity contribution in [2.75, 3.05) is 45.6 Å². The molecule has 4 atom stereocenters. The van der Waals surface area contributed by atoms with Gasteiger partial charge in [-0.15, -0.1) is 5.10 Å². The van der Waals surface area contributed by atoms with Crippen molar-refractivity contribution in [3.05, 3.63) is 47.3 Å². The van der Waals surface area contributed by atoms with Crippen LogP contribution in [0.3, 0.4) is 0 Å². The monoisotopic (exact) mass is 503 g/mol. The van der Waals surface area contributed by atoms with Crippen LogP contribution < -0.4 is 25.8 Å². The van der Waals surface area contributed by atoms with Crippen molar-refractivity contribution in [3.8, 4) is 17.7 Å². The van der Waals surface area contributed by atoms with Gasteiger partial charge in [-0.05, 0) is 25.0 Å². The average molecular weight is 504 g/mol. The molecule has 0 amide bonds. The summed E-state index contributed by atoms with van der Waals surface area (Å²) < 4.78 is 12.6. The summed E-state index contributed by atoms with van der Waals surface area (Å²) in [7, 11) is 1.64. The Labute approximate surface area is 216 Å². The van der Waals surface area contributed by atoms with E-state index in [1.807, 2.05) is 25.3 Å². The molecule has 2 bridgehead atoms. The summed E-state index contributed by atoms with van der Waals surface area (Å²) in [5, 5.41) is 21.5. The van der Waals surface area contributed by atoms with Gasteiger partial charge in [0.2, 0.25) is 5.88 Å². The number of fused-ring (bicyclic) bond motifs is 3. The Morgan fingerprint density at radius 3 is 2.70 bits per heavy atom. The van der Waals surface area contributed by atoms with E-state index >= 15 is 0 Å². The highest BCUT2D eigenvalue weighted by Crippen LogP contribution is 2.35. The van der Waals surface area contributed by atoms with E-state index in [0.29, 0.717) is 35.9 Å². The van der Waals surface area contributed by atoms with Crippen molar-refractivity contribution in [2.45, 2.75) is 44.2 Å². The molecule has 4 fully saturated rings. The minimum Gasteiger partial charge on any atom is -0.492 e. The number of nitriles is 1. The van der Waals surface area contributed by atoms with Gasteiger partial charge in [-0.3, -0.25) is 15.1 Å². The fourth-order valence-corrected chi connectivity index (χ4v) is 6.02. The van der Waals surface area contributed by atoms with E-state index in [9.17, 15) is 5.26 Å². The smallest absolute Gasteiger partial charge is 0.212 e. The molecule has 0 aromatic carbocycles. The highest BCUT2D eigenvalue weighted by atomic mass is 16.5. The Hall–Kier alpha value is -3.43. The topological polar surface area (TPSA) is 129 Å². The summed E-state index contributed by atoms with van der Waals surface area (Å²) in [4.78, 5) is 9.52. The van der Waals surface area contributed by atoms with Crippen LogP contribution in [0.5, 0.6) is 11.6 Å². The normalized spacial score (nSPS) is 26.0. The van der Waals surface area contributed by atoms with E-state index in [0.717, 1.165) is 43.8 Å². The molecule has 4 aliphatic rings. The number of nitrogens with zero attached hydrogens (tertiary/aromatic N) is 6. The van der Waals surface area contributed by atoms with Crippen LogP contribution in [-0.4, -0.2) is 82.5 Å². The Bertz CT molecular complexity index is 1300. The van der Waals surface area contributed by atoms with Crippen molar-refractivity contribution in [1.82, 2.24) is 35.0 Å². The number of anilines is 1. The van der Waals surface area contributed by atoms with Crippen LogP contribution in [0.25, 0.3) is 5.52 Å². The highest BCUT2D eigenvalue weighted by Gasteiger charge is 2.46. The summed E-state index contributed by atoms with van der Waals surface area (Å²) in [5.74, 6) is 1.60. The van der Waals surface area contributed by atoms with E-state index < -0.39 is 0 Å². The van der Waals surface area contributed by atoms with Crippen molar-refractivity contribution in [1.29, 1.82) is 5.26 Å². The predicted octanol–water partition coefficient (Wildman–Crippen LogP) is 1.11. The first-order valence-corrected chi connectivity index (χ1v) is 12.9. The molecule has 7 heterocycles. The molecule has 4 N–H and O–H groups in total. The maximum atomic E-state index is 9.71. The second kappa shape index (κ2) is 9.79. The van der Waals surface area contributed by atoms with Crippen LogP contribution in [0.1, 0.15) is 36.1 Å². The lowest BCUT2D eigenvalue weighted by atomic mass is 9.86. The number of aromatic nitrogens is 3. The van der Waals surface area contributed by atoms with Crippen molar-refractivity contribution < 1.29 is 9.47 Å². The number of rotatable bonds is 7. The molecule has 37 heavy (non-hydrogen) atoms. The maximum absolute atomic E-state index is 9.71. The van der Waals surface area contributed by atoms with E-state index in [1.165, 1.54) is 12.0 Å². The molecule has 0 radical (unpaired) electrons. The summed E-state index contributed by atoms with van der Waals surface area (Å²) >= 11 is 0. The Morgan fingerprint density at radius 2 is 2.05 bits per heavy atom. The number of piperidine rings is 1. The van der Waals surface area contributed by atoms with Gasteiger partial charge in [-0.1, -0.05) is 6.07 Å².